The second-order valence-electron chi connectivity index (χ2n) is 9.56. The number of hydrogen-bond acceptors (Lipinski definition) is 8. The quantitative estimate of drug-likeness (QED) is 0.262. The maximum absolute atomic E-state index is 12.5. The molecule has 3 aromatic carbocycles. The SMILES string of the molecule is CCCOC1=CSC(/C=C(\Cc2cc3c(cc2OC)OCO3)C(=O)O)C1c1ccc(OC)c2ccc(C(=O)O)cc12. The number of carboxylic acid groups (broad SMARTS) is 2. The highest BCUT2D eigenvalue weighted by Gasteiger charge is 2.35. The molecule has 0 aliphatic carbocycles. The van der Waals surface area contributed by atoms with Crippen molar-refractivity contribution >= 4 is 34.5 Å². The number of aromatic carboxylic acids is 1. The fourth-order valence-electron chi connectivity index (χ4n) is 5.10. The molecular formula is C31H30O9S. The third-order valence-corrected chi connectivity index (χ3v) is 8.15. The van der Waals surface area contributed by atoms with Crippen molar-refractivity contribution in [2.75, 3.05) is 27.6 Å². The Morgan fingerprint density at radius 2 is 1.76 bits per heavy atom. The Labute approximate surface area is 241 Å². The molecule has 0 saturated carbocycles. The van der Waals surface area contributed by atoms with Gasteiger partial charge in [-0.3, -0.25) is 0 Å². The molecule has 2 aliphatic heterocycles. The molecule has 0 spiro atoms. The molecule has 0 amide bonds. The summed E-state index contributed by atoms with van der Waals surface area (Å²) in [6.07, 6.45) is 2.64. The second kappa shape index (κ2) is 12.1. The third-order valence-electron chi connectivity index (χ3n) is 7.06. The number of benzene rings is 3. The van der Waals surface area contributed by atoms with Gasteiger partial charge in [-0.1, -0.05) is 19.1 Å². The van der Waals surface area contributed by atoms with Gasteiger partial charge >= 0.3 is 11.9 Å². The highest BCUT2D eigenvalue weighted by atomic mass is 32.2. The summed E-state index contributed by atoms with van der Waals surface area (Å²) in [5.74, 6) is 0.444. The van der Waals surface area contributed by atoms with E-state index in [9.17, 15) is 19.8 Å². The second-order valence-corrected chi connectivity index (χ2v) is 10.6. The predicted octanol–water partition coefficient (Wildman–Crippen LogP) is 6.00. The minimum Gasteiger partial charge on any atom is -0.497 e. The lowest BCUT2D eigenvalue weighted by Gasteiger charge is -2.24. The number of thioether (sulfide) groups is 1. The van der Waals surface area contributed by atoms with Crippen molar-refractivity contribution in [3.63, 3.8) is 0 Å². The van der Waals surface area contributed by atoms with Crippen molar-refractivity contribution in [3.8, 4) is 23.0 Å². The number of carbonyl (C=O) groups is 2. The van der Waals surface area contributed by atoms with Crippen LogP contribution in [-0.2, 0) is 16.0 Å². The van der Waals surface area contributed by atoms with Crippen molar-refractivity contribution in [3.05, 3.63) is 82.0 Å². The molecule has 0 radical (unpaired) electrons. The molecule has 0 bridgehead atoms. The van der Waals surface area contributed by atoms with E-state index in [2.05, 4.69) is 0 Å². The molecule has 0 fully saturated rings. The average Bonchev–Trinajstić information content (AvgIpc) is 3.60. The van der Waals surface area contributed by atoms with Crippen LogP contribution in [0.15, 0.2) is 65.3 Å². The summed E-state index contributed by atoms with van der Waals surface area (Å²) in [6.45, 7) is 2.60. The van der Waals surface area contributed by atoms with E-state index in [-0.39, 0.29) is 35.5 Å². The first-order chi connectivity index (χ1) is 19.8. The summed E-state index contributed by atoms with van der Waals surface area (Å²) >= 11 is 1.47. The topological polar surface area (TPSA) is 121 Å². The lowest BCUT2D eigenvalue weighted by atomic mass is 9.87. The number of ether oxygens (including phenoxy) is 5. The molecule has 2 aliphatic rings. The molecule has 2 atom stereocenters. The van der Waals surface area contributed by atoms with Crippen LogP contribution in [0.1, 0.15) is 40.7 Å². The molecular weight excluding hydrogens is 548 g/mol. The van der Waals surface area contributed by atoms with E-state index in [0.29, 0.717) is 46.3 Å². The van der Waals surface area contributed by atoms with Gasteiger partial charge in [0, 0.05) is 39.7 Å². The van der Waals surface area contributed by atoms with Crippen molar-refractivity contribution < 1.29 is 43.5 Å². The standard InChI is InChI=1S/C31H30O9S/c1-4-9-38-27-15-41-28(13-19(31(34)35)10-18-12-25-26(40-16-39-25)14-24(18)37-3)29(27)21-7-8-23(36-2)20-6-5-17(30(32)33)11-22(20)21/h5-8,11-15,28-29H,4,9-10,16H2,1-3H3,(H,32,33)(H,34,35)/b19-13+. The number of carboxylic acids is 2. The van der Waals surface area contributed by atoms with Crippen molar-refractivity contribution in [1.82, 2.24) is 0 Å². The van der Waals surface area contributed by atoms with Gasteiger partial charge in [0.1, 0.15) is 17.3 Å². The Morgan fingerprint density at radius 3 is 2.44 bits per heavy atom. The number of rotatable bonds is 11. The van der Waals surface area contributed by atoms with Gasteiger partial charge in [-0.25, -0.2) is 9.59 Å². The fraction of sp³-hybridized carbons (Fsp3) is 0.290. The fourth-order valence-corrected chi connectivity index (χ4v) is 6.28. The average molecular weight is 579 g/mol. The summed E-state index contributed by atoms with van der Waals surface area (Å²) in [7, 11) is 3.09. The zero-order valence-corrected chi connectivity index (χ0v) is 23.7. The molecule has 2 N–H and O–H groups in total. The summed E-state index contributed by atoms with van der Waals surface area (Å²) in [5.41, 5.74) is 1.80. The number of methoxy groups -OCH3 is 2. The first-order valence-electron chi connectivity index (χ1n) is 13.1. The Bertz CT molecular complexity index is 1560. The molecule has 5 rings (SSSR count). The number of fused-ring (bicyclic) bond motifs is 2. The highest BCUT2D eigenvalue weighted by Crippen LogP contribution is 2.48. The minimum absolute atomic E-state index is 0.0928. The van der Waals surface area contributed by atoms with Gasteiger partial charge < -0.3 is 33.9 Å². The monoisotopic (exact) mass is 578 g/mol. The van der Waals surface area contributed by atoms with Crippen LogP contribution in [0.5, 0.6) is 23.0 Å². The van der Waals surface area contributed by atoms with Crippen LogP contribution in [-0.4, -0.2) is 55.0 Å². The van der Waals surface area contributed by atoms with E-state index in [1.807, 2.05) is 24.5 Å². The lowest BCUT2D eigenvalue weighted by Crippen LogP contribution is -2.17. The smallest absolute Gasteiger partial charge is 0.335 e. The van der Waals surface area contributed by atoms with E-state index in [0.717, 1.165) is 17.4 Å². The molecule has 0 saturated heterocycles. The highest BCUT2D eigenvalue weighted by molar-refractivity contribution is 8.03. The molecule has 3 aromatic rings. The number of hydrogen-bond donors (Lipinski definition) is 2. The van der Waals surface area contributed by atoms with Gasteiger partial charge in [0.2, 0.25) is 6.79 Å². The summed E-state index contributed by atoms with van der Waals surface area (Å²) in [6, 6.07) is 12.1. The van der Waals surface area contributed by atoms with E-state index >= 15 is 0 Å². The maximum atomic E-state index is 12.5. The number of aliphatic carboxylic acids is 1. The molecule has 9 nitrogen and oxygen atoms in total. The summed E-state index contributed by atoms with van der Waals surface area (Å²) < 4.78 is 28.2. The van der Waals surface area contributed by atoms with E-state index in [1.54, 1.807) is 43.5 Å². The van der Waals surface area contributed by atoms with Gasteiger partial charge in [0.05, 0.1) is 32.3 Å². The van der Waals surface area contributed by atoms with Crippen LogP contribution in [0.2, 0.25) is 0 Å². The van der Waals surface area contributed by atoms with Gasteiger partial charge in [0.25, 0.3) is 0 Å². The predicted molar refractivity (Wildman–Crippen MR) is 154 cm³/mol. The zero-order valence-electron chi connectivity index (χ0n) is 22.8. The van der Waals surface area contributed by atoms with Crippen LogP contribution < -0.4 is 18.9 Å². The molecule has 2 unspecified atom stereocenters. The van der Waals surface area contributed by atoms with E-state index in [1.165, 1.54) is 18.9 Å². The summed E-state index contributed by atoms with van der Waals surface area (Å²) in [4.78, 5) is 24.4. The molecule has 0 aromatic heterocycles. The number of allylic oxidation sites excluding steroid dienone is 1. The van der Waals surface area contributed by atoms with Crippen molar-refractivity contribution in [1.29, 1.82) is 0 Å². The Morgan fingerprint density at radius 1 is 1.00 bits per heavy atom. The van der Waals surface area contributed by atoms with Crippen LogP contribution in [0, 0.1) is 0 Å². The van der Waals surface area contributed by atoms with Crippen LogP contribution in [0.4, 0.5) is 0 Å². The van der Waals surface area contributed by atoms with Crippen LogP contribution in [0.25, 0.3) is 10.8 Å². The van der Waals surface area contributed by atoms with Gasteiger partial charge in [-0.15, -0.1) is 11.8 Å². The first kappa shape index (κ1) is 28.2. The van der Waals surface area contributed by atoms with Gasteiger partial charge in [-0.05, 0) is 47.7 Å². The van der Waals surface area contributed by atoms with Gasteiger partial charge in [-0.2, -0.15) is 0 Å². The normalized spacial score (nSPS) is 17.8. The first-order valence-corrected chi connectivity index (χ1v) is 14.0. The molecule has 10 heteroatoms. The summed E-state index contributed by atoms with van der Waals surface area (Å²) in [5, 5.41) is 23.0. The minimum atomic E-state index is -1.06. The van der Waals surface area contributed by atoms with Crippen molar-refractivity contribution in [2.24, 2.45) is 0 Å². The lowest BCUT2D eigenvalue weighted by molar-refractivity contribution is -0.132. The molecule has 214 valence electrons. The third kappa shape index (κ3) is 5.65. The zero-order chi connectivity index (χ0) is 29.1. The Hall–Kier alpha value is -4.31. The molecule has 2 heterocycles. The largest absolute Gasteiger partial charge is 0.497 e. The van der Waals surface area contributed by atoms with Crippen LogP contribution >= 0.6 is 11.8 Å². The Balaban J connectivity index is 1.59. The van der Waals surface area contributed by atoms with Crippen LogP contribution in [0.3, 0.4) is 0 Å². The Kier molecular flexibility index (Phi) is 8.30. The van der Waals surface area contributed by atoms with Gasteiger partial charge in [0.15, 0.2) is 11.5 Å². The van der Waals surface area contributed by atoms with Crippen molar-refractivity contribution in [2.45, 2.75) is 30.9 Å². The van der Waals surface area contributed by atoms with E-state index in [4.69, 9.17) is 23.7 Å². The van der Waals surface area contributed by atoms with E-state index < -0.39 is 11.9 Å². The maximum Gasteiger partial charge on any atom is 0.335 e. The molecule has 41 heavy (non-hydrogen) atoms.